The molecule has 0 radical (unpaired) electrons. The molecule has 102 valence electrons. The van der Waals surface area contributed by atoms with Crippen LogP contribution in [0.15, 0.2) is 22.6 Å². The number of nitro groups is 1. The maximum absolute atomic E-state index is 10.6. The minimum absolute atomic E-state index is 0.0134. The third-order valence-electron chi connectivity index (χ3n) is 2.64. The van der Waals surface area contributed by atoms with Crippen molar-refractivity contribution in [2.45, 2.75) is 13.3 Å². The average molecular weight is 264 g/mol. The van der Waals surface area contributed by atoms with Gasteiger partial charge < -0.3 is 15.1 Å². The molecular formula is C12H16N4O3. The van der Waals surface area contributed by atoms with E-state index in [4.69, 9.17) is 4.42 Å². The molecule has 0 amide bonds. The van der Waals surface area contributed by atoms with Gasteiger partial charge in [-0.25, -0.2) is 0 Å². The lowest BCUT2D eigenvalue weighted by Gasteiger charge is -2.01. The fraction of sp³-hybridized carbons (Fsp3) is 0.417. The first-order chi connectivity index (χ1) is 9.20. The number of nitrogens with zero attached hydrogens (tertiary/aromatic N) is 2. The summed E-state index contributed by atoms with van der Waals surface area (Å²) in [6, 6.07) is 4.77. The number of fused-ring (bicyclic) bond motifs is 1. The number of hydrogen-bond donors (Lipinski definition) is 2. The number of benzene rings is 1. The van der Waals surface area contributed by atoms with Crippen LogP contribution in [-0.4, -0.2) is 29.5 Å². The highest BCUT2D eigenvalue weighted by atomic mass is 16.6. The van der Waals surface area contributed by atoms with Crippen LogP contribution in [0, 0.1) is 10.1 Å². The Labute approximate surface area is 110 Å². The molecule has 0 saturated carbocycles. The quantitative estimate of drug-likeness (QED) is 0.452. The number of aromatic nitrogens is 1. The highest BCUT2D eigenvalue weighted by Crippen LogP contribution is 2.23. The number of hydrogen-bond acceptors (Lipinski definition) is 6. The van der Waals surface area contributed by atoms with E-state index in [1.165, 1.54) is 12.1 Å². The highest BCUT2D eigenvalue weighted by Gasteiger charge is 2.11. The highest BCUT2D eigenvalue weighted by molar-refractivity contribution is 5.77. The Morgan fingerprint density at radius 3 is 3.00 bits per heavy atom. The lowest BCUT2D eigenvalue weighted by molar-refractivity contribution is -0.384. The molecule has 0 aliphatic heterocycles. The molecule has 19 heavy (non-hydrogen) atoms. The molecule has 0 aliphatic rings. The van der Waals surface area contributed by atoms with Gasteiger partial charge in [0.2, 0.25) is 0 Å². The van der Waals surface area contributed by atoms with Gasteiger partial charge in [-0.1, -0.05) is 6.92 Å². The molecule has 1 heterocycles. The maximum Gasteiger partial charge on any atom is 0.295 e. The SMILES string of the molecule is CCNCCCNc1nc2cc([N+](=O)[O-])ccc2o1. The van der Waals surface area contributed by atoms with Crippen LogP contribution < -0.4 is 10.6 Å². The summed E-state index contributed by atoms with van der Waals surface area (Å²) in [5.41, 5.74) is 1.04. The number of rotatable bonds is 7. The van der Waals surface area contributed by atoms with Crippen molar-refractivity contribution < 1.29 is 9.34 Å². The number of nitrogens with one attached hydrogen (secondary N) is 2. The summed E-state index contributed by atoms with van der Waals surface area (Å²) >= 11 is 0. The third-order valence-corrected chi connectivity index (χ3v) is 2.64. The molecule has 0 bridgehead atoms. The molecule has 1 aromatic heterocycles. The van der Waals surface area contributed by atoms with Gasteiger partial charge in [0, 0.05) is 18.7 Å². The van der Waals surface area contributed by atoms with Gasteiger partial charge in [-0.2, -0.15) is 4.98 Å². The van der Waals surface area contributed by atoms with Crippen molar-refractivity contribution in [1.29, 1.82) is 0 Å². The third kappa shape index (κ3) is 3.41. The largest absolute Gasteiger partial charge is 0.424 e. The second kappa shape index (κ2) is 6.14. The standard InChI is InChI=1S/C12H16N4O3/c1-2-13-6-3-7-14-12-15-10-8-9(16(17)18)4-5-11(10)19-12/h4-5,8,13H,2-3,6-7H2,1H3,(H,14,15). The van der Waals surface area contributed by atoms with E-state index in [0.29, 0.717) is 17.1 Å². The van der Waals surface area contributed by atoms with Gasteiger partial charge in [0.15, 0.2) is 5.58 Å². The Bertz CT molecular complexity index is 567. The van der Waals surface area contributed by atoms with Gasteiger partial charge >= 0.3 is 0 Å². The van der Waals surface area contributed by atoms with Gasteiger partial charge in [-0.3, -0.25) is 10.1 Å². The van der Waals surface area contributed by atoms with Crippen molar-refractivity contribution >= 4 is 22.8 Å². The normalized spacial score (nSPS) is 10.8. The van der Waals surface area contributed by atoms with Crippen LogP contribution in [0.5, 0.6) is 0 Å². The molecule has 2 rings (SSSR count). The fourth-order valence-electron chi connectivity index (χ4n) is 1.69. The molecule has 7 nitrogen and oxygen atoms in total. The molecule has 0 unspecified atom stereocenters. The predicted molar refractivity (Wildman–Crippen MR) is 72.3 cm³/mol. The maximum atomic E-state index is 10.6. The molecule has 0 saturated heterocycles. The van der Waals surface area contributed by atoms with E-state index in [1.807, 2.05) is 0 Å². The van der Waals surface area contributed by atoms with E-state index in [-0.39, 0.29) is 5.69 Å². The first-order valence-electron chi connectivity index (χ1n) is 6.20. The first-order valence-corrected chi connectivity index (χ1v) is 6.20. The second-order valence-corrected chi connectivity index (χ2v) is 4.06. The average Bonchev–Trinajstić information content (AvgIpc) is 2.80. The predicted octanol–water partition coefficient (Wildman–Crippen LogP) is 2.15. The van der Waals surface area contributed by atoms with Gasteiger partial charge in [-0.15, -0.1) is 0 Å². The van der Waals surface area contributed by atoms with Gasteiger partial charge in [0.25, 0.3) is 11.7 Å². The van der Waals surface area contributed by atoms with E-state index < -0.39 is 4.92 Å². The van der Waals surface area contributed by atoms with Crippen LogP contribution in [-0.2, 0) is 0 Å². The smallest absolute Gasteiger partial charge is 0.295 e. The Kier molecular flexibility index (Phi) is 4.30. The van der Waals surface area contributed by atoms with Crippen LogP contribution in [0.25, 0.3) is 11.1 Å². The van der Waals surface area contributed by atoms with E-state index in [2.05, 4.69) is 22.5 Å². The number of anilines is 1. The van der Waals surface area contributed by atoms with E-state index >= 15 is 0 Å². The van der Waals surface area contributed by atoms with Crippen LogP contribution in [0.1, 0.15) is 13.3 Å². The minimum atomic E-state index is -0.447. The van der Waals surface area contributed by atoms with Crippen LogP contribution in [0.4, 0.5) is 11.7 Å². The molecule has 0 atom stereocenters. The van der Waals surface area contributed by atoms with Crippen molar-refractivity contribution in [3.05, 3.63) is 28.3 Å². The summed E-state index contributed by atoms with van der Waals surface area (Å²) < 4.78 is 5.44. The van der Waals surface area contributed by atoms with Crippen molar-refractivity contribution in [1.82, 2.24) is 10.3 Å². The summed E-state index contributed by atoms with van der Waals surface area (Å²) in [6.07, 6.45) is 0.951. The Balaban J connectivity index is 1.99. The van der Waals surface area contributed by atoms with Crippen molar-refractivity contribution in [3.63, 3.8) is 0 Å². The Hall–Kier alpha value is -2.15. The fourth-order valence-corrected chi connectivity index (χ4v) is 1.69. The van der Waals surface area contributed by atoms with Crippen molar-refractivity contribution in [3.8, 4) is 0 Å². The zero-order valence-corrected chi connectivity index (χ0v) is 10.7. The number of non-ortho nitro benzene ring substituents is 1. The Morgan fingerprint density at radius 1 is 1.42 bits per heavy atom. The summed E-state index contributed by atoms with van der Waals surface area (Å²) in [7, 11) is 0. The minimum Gasteiger partial charge on any atom is -0.424 e. The zero-order chi connectivity index (χ0) is 13.7. The zero-order valence-electron chi connectivity index (χ0n) is 10.7. The van der Waals surface area contributed by atoms with Crippen LogP contribution in [0.2, 0.25) is 0 Å². The summed E-state index contributed by atoms with van der Waals surface area (Å²) in [5, 5.41) is 16.9. The molecule has 0 spiro atoms. The van der Waals surface area contributed by atoms with E-state index in [0.717, 1.165) is 26.1 Å². The molecule has 2 aromatic rings. The van der Waals surface area contributed by atoms with Gasteiger partial charge in [0.05, 0.1) is 4.92 Å². The molecule has 0 fully saturated rings. The molecule has 1 aromatic carbocycles. The summed E-state index contributed by atoms with van der Waals surface area (Å²) in [6.45, 7) is 4.67. The number of nitro benzene ring substituents is 1. The lowest BCUT2D eigenvalue weighted by Crippen LogP contribution is -2.17. The van der Waals surface area contributed by atoms with E-state index in [1.54, 1.807) is 6.07 Å². The monoisotopic (exact) mass is 264 g/mol. The van der Waals surface area contributed by atoms with Gasteiger partial charge in [-0.05, 0) is 25.6 Å². The second-order valence-electron chi connectivity index (χ2n) is 4.06. The van der Waals surface area contributed by atoms with Crippen molar-refractivity contribution in [2.24, 2.45) is 0 Å². The Morgan fingerprint density at radius 2 is 2.26 bits per heavy atom. The first kappa shape index (κ1) is 13.3. The van der Waals surface area contributed by atoms with Gasteiger partial charge in [0.1, 0.15) is 5.52 Å². The van der Waals surface area contributed by atoms with Crippen LogP contribution in [0.3, 0.4) is 0 Å². The topological polar surface area (TPSA) is 93.2 Å². The molecule has 2 N–H and O–H groups in total. The lowest BCUT2D eigenvalue weighted by atomic mass is 10.3. The molecule has 7 heteroatoms. The number of oxazole rings is 1. The van der Waals surface area contributed by atoms with Crippen LogP contribution >= 0.6 is 0 Å². The molecular weight excluding hydrogens is 248 g/mol. The summed E-state index contributed by atoms with van der Waals surface area (Å²) in [4.78, 5) is 14.4. The van der Waals surface area contributed by atoms with E-state index in [9.17, 15) is 10.1 Å². The molecule has 0 aliphatic carbocycles. The van der Waals surface area contributed by atoms with Crippen molar-refractivity contribution in [2.75, 3.05) is 25.0 Å². The summed E-state index contributed by atoms with van der Waals surface area (Å²) in [5.74, 6) is 0.